The number of nitrogens with zero attached hydrogens (tertiary/aromatic N) is 1. The summed E-state index contributed by atoms with van der Waals surface area (Å²) in [6.07, 6.45) is 0. The van der Waals surface area contributed by atoms with Crippen LogP contribution in [0.2, 0.25) is 0 Å². The summed E-state index contributed by atoms with van der Waals surface area (Å²) in [7, 11) is 0. The van der Waals surface area contributed by atoms with Crippen molar-refractivity contribution in [3.8, 4) is 10.6 Å². The number of aromatic nitrogens is 1. The second-order valence-corrected chi connectivity index (χ2v) is 6.38. The van der Waals surface area contributed by atoms with Gasteiger partial charge in [-0.1, -0.05) is 17.3 Å². The SMILES string of the molecule is O=C(CNC(=O)c1cccs1)OCc1cc(-c2cccs2)on1. The standard InChI is InChI=1S/C15H12N2O4S2/c18-14(8-16-15(19)13-4-2-6-23-13)20-9-10-7-11(21-17-10)12-3-1-5-22-12/h1-7H,8-9H2,(H,16,19). The van der Waals surface area contributed by atoms with E-state index in [4.69, 9.17) is 9.26 Å². The minimum absolute atomic E-state index is 0.00256. The normalized spacial score (nSPS) is 10.4. The van der Waals surface area contributed by atoms with E-state index < -0.39 is 5.97 Å². The van der Waals surface area contributed by atoms with Crippen LogP contribution in [-0.2, 0) is 16.1 Å². The van der Waals surface area contributed by atoms with Crippen LogP contribution in [0.15, 0.2) is 45.6 Å². The molecule has 1 N–H and O–H groups in total. The van der Waals surface area contributed by atoms with Gasteiger partial charge in [0.05, 0.1) is 9.75 Å². The highest BCUT2D eigenvalue weighted by Crippen LogP contribution is 2.25. The van der Waals surface area contributed by atoms with Crippen LogP contribution in [0.25, 0.3) is 10.6 Å². The number of carbonyl (C=O) groups excluding carboxylic acids is 2. The molecule has 0 unspecified atom stereocenters. The van der Waals surface area contributed by atoms with Gasteiger partial charge in [-0.05, 0) is 22.9 Å². The monoisotopic (exact) mass is 348 g/mol. The summed E-state index contributed by atoms with van der Waals surface area (Å²) in [6.45, 7) is -0.186. The van der Waals surface area contributed by atoms with Crippen LogP contribution >= 0.6 is 22.7 Å². The van der Waals surface area contributed by atoms with Gasteiger partial charge < -0.3 is 14.6 Å². The molecule has 3 heterocycles. The summed E-state index contributed by atoms with van der Waals surface area (Å²) in [4.78, 5) is 24.8. The number of esters is 1. The minimum atomic E-state index is -0.532. The Morgan fingerprint density at radius 1 is 1.22 bits per heavy atom. The molecular weight excluding hydrogens is 336 g/mol. The first kappa shape index (κ1) is 15.4. The molecule has 8 heteroatoms. The third kappa shape index (κ3) is 4.05. The Balaban J connectivity index is 1.45. The molecular formula is C15H12N2O4S2. The molecule has 0 aliphatic rings. The van der Waals surface area contributed by atoms with Crippen LogP contribution in [0.1, 0.15) is 15.4 Å². The van der Waals surface area contributed by atoms with Crippen LogP contribution in [0.4, 0.5) is 0 Å². The average Bonchev–Trinajstić information content (AvgIpc) is 3.32. The van der Waals surface area contributed by atoms with Gasteiger partial charge in [0.25, 0.3) is 5.91 Å². The molecule has 3 rings (SSSR count). The van der Waals surface area contributed by atoms with Crippen LogP contribution in [0.3, 0.4) is 0 Å². The fourth-order valence-electron chi connectivity index (χ4n) is 1.77. The Hall–Kier alpha value is -2.45. The van der Waals surface area contributed by atoms with Crippen LogP contribution < -0.4 is 5.32 Å². The number of nitrogens with one attached hydrogen (secondary N) is 1. The molecule has 0 radical (unpaired) electrons. The lowest BCUT2D eigenvalue weighted by atomic mass is 10.3. The highest BCUT2D eigenvalue weighted by Gasteiger charge is 2.12. The Morgan fingerprint density at radius 3 is 2.78 bits per heavy atom. The van der Waals surface area contributed by atoms with Gasteiger partial charge in [0.1, 0.15) is 18.8 Å². The number of hydrogen-bond donors (Lipinski definition) is 1. The van der Waals surface area contributed by atoms with Crippen molar-refractivity contribution < 1.29 is 18.8 Å². The maximum atomic E-state index is 11.7. The second-order valence-electron chi connectivity index (χ2n) is 4.48. The molecule has 6 nitrogen and oxygen atoms in total. The smallest absolute Gasteiger partial charge is 0.325 e. The first-order chi connectivity index (χ1) is 11.2. The first-order valence-corrected chi connectivity index (χ1v) is 8.45. The zero-order valence-electron chi connectivity index (χ0n) is 11.9. The topological polar surface area (TPSA) is 81.4 Å². The molecule has 0 spiro atoms. The Labute approximate surface area is 139 Å². The number of rotatable bonds is 6. The van der Waals surface area contributed by atoms with E-state index in [0.717, 1.165) is 4.88 Å². The zero-order chi connectivity index (χ0) is 16.1. The average molecular weight is 348 g/mol. The quantitative estimate of drug-likeness (QED) is 0.693. The Kier molecular flexibility index (Phi) is 4.84. The van der Waals surface area contributed by atoms with Crippen molar-refractivity contribution in [3.05, 3.63) is 51.7 Å². The Bertz CT molecular complexity index is 778. The predicted molar refractivity (Wildman–Crippen MR) is 86.3 cm³/mol. The van der Waals surface area contributed by atoms with Crippen molar-refractivity contribution in [1.82, 2.24) is 10.5 Å². The lowest BCUT2D eigenvalue weighted by molar-refractivity contribution is -0.143. The van der Waals surface area contributed by atoms with Crippen LogP contribution in [-0.4, -0.2) is 23.6 Å². The van der Waals surface area contributed by atoms with Crippen molar-refractivity contribution in [1.29, 1.82) is 0 Å². The summed E-state index contributed by atoms with van der Waals surface area (Å²) in [5.41, 5.74) is 0.520. The summed E-state index contributed by atoms with van der Waals surface area (Å²) in [5.74, 6) is -0.189. The molecule has 0 aliphatic heterocycles. The summed E-state index contributed by atoms with van der Waals surface area (Å²) >= 11 is 2.84. The summed E-state index contributed by atoms with van der Waals surface area (Å²) < 4.78 is 10.2. The van der Waals surface area contributed by atoms with Gasteiger partial charge in [-0.2, -0.15) is 0 Å². The zero-order valence-corrected chi connectivity index (χ0v) is 13.5. The van der Waals surface area contributed by atoms with E-state index in [0.29, 0.717) is 16.3 Å². The van der Waals surface area contributed by atoms with Crippen LogP contribution in [0.5, 0.6) is 0 Å². The summed E-state index contributed by atoms with van der Waals surface area (Å²) in [5, 5.41) is 10.1. The highest BCUT2D eigenvalue weighted by atomic mass is 32.1. The molecule has 0 saturated heterocycles. The van der Waals surface area contributed by atoms with Gasteiger partial charge in [0.2, 0.25) is 0 Å². The molecule has 0 fully saturated rings. The number of amides is 1. The third-order valence-electron chi connectivity index (χ3n) is 2.84. The molecule has 118 valence electrons. The predicted octanol–water partition coefficient (Wildman–Crippen LogP) is 2.94. The molecule has 3 aromatic heterocycles. The fraction of sp³-hybridized carbons (Fsp3) is 0.133. The van der Waals surface area contributed by atoms with E-state index in [1.807, 2.05) is 17.5 Å². The van der Waals surface area contributed by atoms with E-state index in [-0.39, 0.29) is 19.1 Å². The van der Waals surface area contributed by atoms with E-state index in [1.165, 1.54) is 22.7 Å². The van der Waals surface area contributed by atoms with Gasteiger partial charge in [-0.15, -0.1) is 22.7 Å². The van der Waals surface area contributed by atoms with Crippen molar-refractivity contribution in [3.63, 3.8) is 0 Å². The molecule has 0 aliphatic carbocycles. The molecule has 0 saturated carbocycles. The third-order valence-corrected chi connectivity index (χ3v) is 4.60. The fourth-order valence-corrected chi connectivity index (χ4v) is 3.08. The van der Waals surface area contributed by atoms with Gasteiger partial charge in [0, 0.05) is 6.07 Å². The lowest BCUT2D eigenvalue weighted by Gasteiger charge is -2.03. The lowest BCUT2D eigenvalue weighted by Crippen LogP contribution is -2.30. The van der Waals surface area contributed by atoms with Crippen molar-refractivity contribution in [2.24, 2.45) is 0 Å². The number of thiophene rings is 2. The Morgan fingerprint density at radius 2 is 2.04 bits per heavy atom. The molecule has 1 amide bonds. The first-order valence-electron chi connectivity index (χ1n) is 6.69. The highest BCUT2D eigenvalue weighted by molar-refractivity contribution is 7.13. The van der Waals surface area contributed by atoms with E-state index in [9.17, 15) is 9.59 Å². The maximum absolute atomic E-state index is 11.7. The number of ether oxygens (including phenoxy) is 1. The largest absolute Gasteiger partial charge is 0.458 e. The van der Waals surface area contributed by atoms with Crippen molar-refractivity contribution in [2.45, 2.75) is 6.61 Å². The molecule has 0 bridgehead atoms. The van der Waals surface area contributed by atoms with Gasteiger partial charge >= 0.3 is 5.97 Å². The van der Waals surface area contributed by atoms with E-state index in [1.54, 1.807) is 23.6 Å². The van der Waals surface area contributed by atoms with Crippen molar-refractivity contribution in [2.75, 3.05) is 6.54 Å². The second kappa shape index (κ2) is 7.21. The van der Waals surface area contributed by atoms with Gasteiger partial charge in [-0.25, -0.2) is 0 Å². The molecule has 3 aromatic rings. The maximum Gasteiger partial charge on any atom is 0.325 e. The van der Waals surface area contributed by atoms with Gasteiger partial charge in [0.15, 0.2) is 5.76 Å². The van der Waals surface area contributed by atoms with E-state index in [2.05, 4.69) is 10.5 Å². The molecule has 0 atom stereocenters. The molecule has 23 heavy (non-hydrogen) atoms. The van der Waals surface area contributed by atoms with Gasteiger partial charge in [-0.3, -0.25) is 9.59 Å². The van der Waals surface area contributed by atoms with E-state index >= 15 is 0 Å². The summed E-state index contributed by atoms with van der Waals surface area (Å²) in [6, 6.07) is 9.02. The minimum Gasteiger partial charge on any atom is -0.458 e. The van der Waals surface area contributed by atoms with Crippen molar-refractivity contribution >= 4 is 34.6 Å². The van der Waals surface area contributed by atoms with Crippen LogP contribution in [0, 0.1) is 0 Å². The number of carbonyl (C=O) groups is 2. The molecule has 0 aromatic carbocycles. The number of hydrogen-bond acceptors (Lipinski definition) is 7.